The number of piperazine rings is 1. The standard InChI is InChI=1S/C24H32N8O3/c1-15(2)27-22-21-18(11-19(28-22)16(3)35-4)13-26-23(30-21)29-20-6-5-17(12-25-20)14-31-7-9-32(10-8-31)24(33)34/h5-6,11-13,15-16H,7-10,14H2,1-4H3,(H,27,28)(H,33,34)(H,25,26,29,30)/t16-/m1/s1. The zero-order valence-electron chi connectivity index (χ0n) is 20.5. The molecule has 0 aromatic carbocycles. The molecular weight excluding hydrogens is 448 g/mol. The van der Waals surface area contributed by atoms with Gasteiger partial charge in [0.1, 0.15) is 11.3 Å². The van der Waals surface area contributed by atoms with Crippen LogP contribution in [-0.2, 0) is 11.3 Å². The lowest BCUT2D eigenvalue weighted by Crippen LogP contribution is -2.47. The first-order valence-corrected chi connectivity index (χ1v) is 11.7. The number of ether oxygens (including phenoxy) is 1. The molecule has 1 atom stereocenters. The van der Waals surface area contributed by atoms with Crippen molar-refractivity contribution in [3.63, 3.8) is 0 Å². The van der Waals surface area contributed by atoms with Crippen LogP contribution in [-0.4, -0.2) is 80.3 Å². The molecule has 0 aliphatic carbocycles. The summed E-state index contributed by atoms with van der Waals surface area (Å²) in [6.45, 7) is 9.26. The number of fused-ring (bicyclic) bond motifs is 1. The maximum atomic E-state index is 11.1. The Balaban J connectivity index is 1.46. The van der Waals surface area contributed by atoms with Gasteiger partial charge in [-0.2, -0.15) is 0 Å². The quantitative estimate of drug-likeness (QED) is 0.441. The van der Waals surface area contributed by atoms with Crippen LogP contribution in [0.15, 0.2) is 30.6 Å². The summed E-state index contributed by atoms with van der Waals surface area (Å²) >= 11 is 0. The third-order valence-corrected chi connectivity index (χ3v) is 5.89. The molecule has 1 aliphatic rings. The largest absolute Gasteiger partial charge is 0.465 e. The van der Waals surface area contributed by atoms with Crippen LogP contribution >= 0.6 is 0 Å². The number of hydrogen-bond acceptors (Lipinski definition) is 9. The number of aromatic nitrogens is 4. The van der Waals surface area contributed by atoms with E-state index >= 15 is 0 Å². The average Bonchev–Trinajstić information content (AvgIpc) is 2.85. The van der Waals surface area contributed by atoms with Crippen LogP contribution < -0.4 is 10.6 Å². The van der Waals surface area contributed by atoms with Gasteiger partial charge in [0.2, 0.25) is 5.95 Å². The number of carbonyl (C=O) groups is 1. The predicted octanol–water partition coefficient (Wildman–Crippen LogP) is 3.49. The monoisotopic (exact) mass is 480 g/mol. The van der Waals surface area contributed by atoms with Crippen molar-refractivity contribution in [3.8, 4) is 0 Å². The molecule has 0 radical (unpaired) electrons. The van der Waals surface area contributed by atoms with Crippen LogP contribution in [0.2, 0.25) is 0 Å². The van der Waals surface area contributed by atoms with Gasteiger partial charge < -0.3 is 25.4 Å². The first-order chi connectivity index (χ1) is 16.8. The Kier molecular flexibility index (Phi) is 7.57. The maximum absolute atomic E-state index is 11.1. The fourth-order valence-electron chi connectivity index (χ4n) is 3.89. The normalized spacial score (nSPS) is 15.4. The van der Waals surface area contributed by atoms with Crippen molar-refractivity contribution in [2.24, 2.45) is 0 Å². The van der Waals surface area contributed by atoms with Gasteiger partial charge in [-0.1, -0.05) is 6.07 Å². The molecule has 186 valence electrons. The molecule has 1 fully saturated rings. The Hall–Kier alpha value is -3.57. The first kappa shape index (κ1) is 24.6. The Morgan fingerprint density at radius 3 is 2.51 bits per heavy atom. The highest BCUT2D eigenvalue weighted by molar-refractivity contribution is 5.89. The second-order valence-corrected chi connectivity index (χ2v) is 8.93. The highest BCUT2D eigenvalue weighted by atomic mass is 16.5. The molecule has 1 aliphatic heterocycles. The fraction of sp³-hybridized carbons (Fsp3) is 0.458. The van der Waals surface area contributed by atoms with Crippen LogP contribution in [0.5, 0.6) is 0 Å². The number of hydrogen-bond donors (Lipinski definition) is 3. The van der Waals surface area contributed by atoms with Gasteiger partial charge in [0.25, 0.3) is 0 Å². The SMILES string of the molecule is CO[C@H](C)c1cc2cnc(Nc3ccc(CN4CCN(C(=O)O)CC4)cn3)nc2c(NC(C)C)n1. The van der Waals surface area contributed by atoms with E-state index < -0.39 is 6.09 Å². The summed E-state index contributed by atoms with van der Waals surface area (Å²) in [5.41, 5.74) is 2.60. The van der Waals surface area contributed by atoms with Crippen molar-refractivity contribution in [1.82, 2.24) is 29.7 Å². The van der Waals surface area contributed by atoms with Gasteiger partial charge in [0, 0.05) is 63.7 Å². The number of nitrogens with one attached hydrogen (secondary N) is 2. The molecule has 0 spiro atoms. The number of methoxy groups -OCH3 is 1. The molecule has 11 heteroatoms. The number of pyridine rings is 2. The minimum atomic E-state index is -0.856. The summed E-state index contributed by atoms with van der Waals surface area (Å²) in [6.07, 6.45) is 2.59. The molecule has 0 bridgehead atoms. The maximum Gasteiger partial charge on any atom is 0.407 e. The number of rotatable bonds is 8. The van der Waals surface area contributed by atoms with Crippen LogP contribution in [0.25, 0.3) is 10.9 Å². The van der Waals surface area contributed by atoms with Crippen LogP contribution in [0, 0.1) is 0 Å². The van der Waals surface area contributed by atoms with Crippen molar-refractivity contribution in [2.75, 3.05) is 43.9 Å². The number of nitrogens with zero attached hydrogens (tertiary/aromatic N) is 6. The van der Waals surface area contributed by atoms with E-state index in [1.807, 2.05) is 31.3 Å². The van der Waals surface area contributed by atoms with E-state index in [1.54, 1.807) is 13.3 Å². The van der Waals surface area contributed by atoms with Gasteiger partial charge in [0.15, 0.2) is 5.82 Å². The van der Waals surface area contributed by atoms with Gasteiger partial charge in [-0.3, -0.25) is 4.90 Å². The van der Waals surface area contributed by atoms with Crippen molar-refractivity contribution in [2.45, 2.75) is 39.5 Å². The van der Waals surface area contributed by atoms with Gasteiger partial charge >= 0.3 is 6.09 Å². The third kappa shape index (κ3) is 6.11. The van der Waals surface area contributed by atoms with Crippen molar-refractivity contribution < 1.29 is 14.6 Å². The molecule has 3 aromatic heterocycles. The molecule has 0 saturated carbocycles. The van der Waals surface area contributed by atoms with Crippen molar-refractivity contribution >= 4 is 34.6 Å². The first-order valence-electron chi connectivity index (χ1n) is 11.7. The summed E-state index contributed by atoms with van der Waals surface area (Å²) in [5.74, 6) is 1.76. The number of amides is 1. The molecule has 0 unspecified atom stereocenters. The molecule has 4 rings (SSSR count). The number of anilines is 3. The Morgan fingerprint density at radius 2 is 1.89 bits per heavy atom. The summed E-state index contributed by atoms with van der Waals surface area (Å²) < 4.78 is 5.44. The van der Waals surface area contributed by atoms with Crippen LogP contribution in [0.3, 0.4) is 0 Å². The lowest BCUT2D eigenvalue weighted by atomic mass is 10.2. The summed E-state index contributed by atoms with van der Waals surface area (Å²) in [4.78, 5) is 33.1. The third-order valence-electron chi connectivity index (χ3n) is 5.89. The number of carboxylic acid groups (broad SMARTS) is 1. The lowest BCUT2D eigenvalue weighted by molar-refractivity contribution is 0.103. The zero-order valence-corrected chi connectivity index (χ0v) is 20.5. The molecule has 4 heterocycles. The summed E-state index contributed by atoms with van der Waals surface area (Å²) in [5, 5.41) is 16.5. The highest BCUT2D eigenvalue weighted by Gasteiger charge is 2.20. The molecule has 35 heavy (non-hydrogen) atoms. The van der Waals surface area contributed by atoms with E-state index in [0.29, 0.717) is 43.8 Å². The predicted molar refractivity (Wildman–Crippen MR) is 134 cm³/mol. The second kappa shape index (κ2) is 10.8. The van der Waals surface area contributed by atoms with E-state index in [-0.39, 0.29) is 12.1 Å². The molecular formula is C24H32N8O3. The second-order valence-electron chi connectivity index (χ2n) is 8.93. The molecule has 1 amide bonds. The van der Waals surface area contributed by atoms with Crippen molar-refractivity contribution in [1.29, 1.82) is 0 Å². The van der Waals surface area contributed by atoms with Gasteiger partial charge in [-0.05, 0) is 38.5 Å². The fourth-order valence-corrected chi connectivity index (χ4v) is 3.89. The van der Waals surface area contributed by atoms with E-state index in [2.05, 4.69) is 39.3 Å². The van der Waals surface area contributed by atoms with Gasteiger partial charge in [-0.25, -0.2) is 24.7 Å². The Bertz CT molecular complexity index is 1160. The minimum Gasteiger partial charge on any atom is -0.465 e. The molecule has 3 aromatic rings. The zero-order chi connectivity index (χ0) is 24.9. The van der Waals surface area contributed by atoms with Gasteiger partial charge in [-0.15, -0.1) is 0 Å². The Morgan fingerprint density at radius 1 is 1.11 bits per heavy atom. The summed E-state index contributed by atoms with van der Waals surface area (Å²) in [7, 11) is 1.66. The van der Waals surface area contributed by atoms with E-state index in [1.165, 1.54) is 4.90 Å². The van der Waals surface area contributed by atoms with E-state index in [4.69, 9.17) is 19.8 Å². The summed E-state index contributed by atoms with van der Waals surface area (Å²) in [6, 6.07) is 6.03. The molecule has 3 N–H and O–H groups in total. The molecule has 11 nitrogen and oxygen atoms in total. The topological polar surface area (TPSA) is 129 Å². The van der Waals surface area contributed by atoms with Crippen molar-refractivity contribution in [3.05, 3.63) is 41.9 Å². The molecule has 1 saturated heterocycles. The lowest BCUT2D eigenvalue weighted by Gasteiger charge is -2.32. The van der Waals surface area contributed by atoms with E-state index in [0.717, 1.165) is 28.7 Å². The minimum absolute atomic E-state index is 0.145. The van der Waals surface area contributed by atoms with Crippen LogP contribution in [0.4, 0.5) is 22.4 Å². The average molecular weight is 481 g/mol. The van der Waals surface area contributed by atoms with Gasteiger partial charge in [0.05, 0.1) is 11.8 Å². The Labute approximate surface area is 204 Å². The smallest absolute Gasteiger partial charge is 0.407 e. The highest BCUT2D eigenvalue weighted by Crippen LogP contribution is 2.26. The van der Waals surface area contributed by atoms with E-state index in [9.17, 15) is 4.79 Å². The van der Waals surface area contributed by atoms with Crippen LogP contribution in [0.1, 0.15) is 38.1 Å².